The van der Waals surface area contributed by atoms with Crippen LogP contribution in [0.1, 0.15) is 25.3 Å². The quantitative estimate of drug-likeness (QED) is 0.672. The largest absolute Gasteiger partial charge is 0.393 e. The van der Waals surface area contributed by atoms with Crippen LogP contribution in [0.5, 0.6) is 0 Å². The fourth-order valence-electron chi connectivity index (χ4n) is 4.74. The first-order valence-electron chi connectivity index (χ1n) is 9.35. The highest BCUT2D eigenvalue weighted by Gasteiger charge is 2.57. The van der Waals surface area contributed by atoms with E-state index in [1.807, 2.05) is 55.5 Å². The smallest absolute Gasteiger partial charge is 0.238 e. The number of para-hydroxylation sites is 1. The second kappa shape index (κ2) is 6.78. The van der Waals surface area contributed by atoms with E-state index < -0.39 is 17.9 Å². The van der Waals surface area contributed by atoms with E-state index in [4.69, 9.17) is 0 Å². The predicted molar refractivity (Wildman–Crippen MR) is 104 cm³/mol. The summed E-state index contributed by atoms with van der Waals surface area (Å²) in [6.45, 7) is 3.65. The number of hydrogen-bond acceptors (Lipinski definition) is 3. The van der Waals surface area contributed by atoms with Crippen molar-refractivity contribution in [2.24, 2.45) is 17.8 Å². The van der Waals surface area contributed by atoms with Crippen molar-refractivity contribution < 1.29 is 14.7 Å². The van der Waals surface area contributed by atoms with Gasteiger partial charge in [0.1, 0.15) is 0 Å². The van der Waals surface area contributed by atoms with Gasteiger partial charge in [-0.15, -0.1) is 0 Å². The van der Waals surface area contributed by atoms with E-state index in [9.17, 15) is 14.7 Å². The van der Waals surface area contributed by atoms with Gasteiger partial charge in [0, 0.05) is 11.8 Å². The molecule has 27 heavy (non-hydrogen) atoms. The summed E-state index contributed by atoms with van der Waals surface area (Å²) in [7, 11) is 0. The molecule has 0 saturated carbocycles. The lowest BCUT2D eigenvalue weighted by Crippen LogP contribution is -2.39. The van der Waals surface area contributed by atoms with E-state index in [2.05, 4.69) is 6.08 Å². The van der Waals surface area contributed by atoms with Gasteiger partial charge < -0.3 is 5.11 Å². The maximum atomic E-state index is 13.4. The Morgan fingerprint density at radius 2 is 1.44 bits per heavy atom. The van der Waals surface area contributed by atoms with Gasteiger partial charge in [-0.05, 0) is 31.5 Å². The molecule has 2 amide bonds. The molecule has 4 nitrogen and oxygen atoms in total. The number of anilines is 1. The van der Waals surface area contributed by atoms with Crippen molar-refractivity contribution in [1.82, 2.24) is 0 Å². The molecule has 1 saturated heterocycles. The lowest BCUT2D eigenvalue weighted by molar-refractivity contribution is -0.123. The third kappa shape index (κ3) is 2.81. The molecule has 138 valence electrons. The Hall–Kier alpha value is -2.72. The van der Waals surface area contributed by atoms with Crippen LogP contribution in [0, 0.1) is 17.8 Å². The van der Waals surface area contributed by atoms with Crippen LogP contribution < -0.4 is 4.90 Å². The Morgan fingerprint density at radius 3 is 2.04 bits per heavy atom. The standard InChI is InChI=1S/C23H23NO3/c1-14-13-18(16-9-5-3-6-10-16)20-21(19(14)15(2)25)23(27)24(22(20)26)17-11-7-4-8-12-17/h3-13,15,18-21,25H,1-2H3/t15-,18+,19-,20-,21+/m1/s1. The van der Waals surface area contributed by atoms with Gasteiger partial charge in [-0.3, -0.25) is 14.5 Å². The van der Waals surface area contributed by atoms with Crippen molar-refractivity contribution in [2.75, 3.05) is 4.90 Å². The Bertz CT molecular complexity index is 888. The maximum absolute atomic E-state index is 13.4. The predicted octanol–water partition coefficient (Wildman–Crippen LogP) is 3.53. The van der Waals surface area contributed by atoms with Crippen molar-refractivity contribution in [2.45, 2.75) is 25.9 Å². The van der Waals surface area contributed by atoms with Crippen LogP contribution >= 0.6 is 0 Å². The number of amides is 2. The first-order chi connectivity index (χ1) is 13.0. The average molecular weight is 361 g/mol. The highest BCUT2D eigenvalue weighted by atomic mass is 16.3. The van der Waals surface area contributed by atoms with E-state index >= 15 is 0 Å². The van der Waals surface area contributed by atoms with Gasteiger partial charge in [-0.2, -0.15) is 0 Å². The third-order valence-corrected chi connectivity index (χ3v) is 5.86. The van der Waals surface area contributed by atoms with E-state index in [1.165, 1.54) is 4.90 Å². The lowest BCUT2D eigenvalue weighted by atomic mass is 9.65. The van der Waals surface area contributed by atoms with Gasteiger partial charge >= 0.3 is 0 Å². The van der Waals surface area contributed by atoms with E-state index in [1.54, 1.807) is 19.1 Å². The van der Waals surface area contributed by atoms with Crippen molar-refractivity contribution in [3.63, 3.8) is 0 Å². The molecular weight excluding hydrogens is 338 g/mol. The zero-order valence-electron chi connectivity index (χ0n) is 15.4. The number of fused-ring (bicyclic) bond motifs is 1. The average Bonchev–Trinajstić information content (AvgIpc) is 2.93. The van der Waals surface area contributed by atoms with Crippen LogP contribution in [0.4, 0.5) is 5.69 Å². The Balaban J connectivity index is 1.85. The molecule has 0 radical (unpaired) electrons. The highest BCUT2D eigenvalue weighted by Crippen LogP contribution is 2.50. The summed E-state index contributed by atoms with van der Waals surface area (Å²) in [4.78, 5) is 28.1. The minimum atomic E-state index is -0.696. The van der Waals surface area contributed by atoms with Crippen molar-refractivity contribution in [3.05, 3.63) is 77.9 Å². The second-order valence-corrected chi connectivity index (χ2v) is 7.51. The topological polar surface area (TPSA) is 57.6 Å². The summed E-state index contributed by atoms with van der Waals surface area (Å²) >= 11 is 0. The Morgan fingerprint density at radius 1 is 0.889 bits per heavy atom. The number of imide groups is 1. The Kier molecular flexibility index (Phi) is 4.44. The van der Waals surface area contributed by atoms with Crippen molar-refractivity contribution in [1.29, 1.82) is 0 Å². The molecule has 4 heteroatoms. The number of allylic oxidation sites excluding steroid dienone is 1. The van der Waals surface area contributed by atoms with Crippen LogP contribution in [0.2, 0.25) is 0 Å². The van der Waals surface area contributed by atoms with Gasteiger partial charge in [0.15, 0.2) is 0 Å². The normalized spacial score (nSPS) is 28.7. The molecule has 1 aliphatic heterocycles. The van der Waals surface area contributed by atoms with Gasteiger partial charge in [-0.25, -0.2) is 0 Å². The first kappa shape index (κ1) is 17.7. The second-order valence-electron chi connectivity index (χ2n) is 7.51. The number of aliphatic hydroxyl groups excluding tert-OH is 1. The summed E-state index contributed by atoms with van der Waals surface area (Å²) in [5.74, 6) is -1.96. The molecule has 1 N–H and O–H groups in total. The minimum absolute atomic E-state index is 0.170. The van der Waals surface area contributed by atoms with Crippen molar-refractivity contribution in [3.8, 4) is 0 Å². The molecule has 2 aromatic carbocycles. The molecule has 0 spiro atoms. The van der Waals surface area contributed by atoms with Gasteiger partial charge in [0.05, 0.1) is 23.6 Å². The molecule has 0 aromatic heterocycles. The van der Waals surface area contributed by atoms with Crippen LogP contribution in [0.15, 0.2) is 72.3 Å². The van der Waals surface area contributed by atoms with Gasteiger partial charge in [-0.1, -0.05) is 60.2 Å². The number of rotatable bonds is 3. The molecule has 5 atom stereocenters. The summed E-state index contributed by atoms with van der Waals surface area (Å²) < 4.78 is 0. The van der Waals surface area contributed by atoms with Gasteiger partial charge in [0.2, 0.25) is 11.8 Å². The number of benzene rings is 2. The molecule has 4 rings (SSSR count). The van der Waals surface area contributed by atoms with E-state index in [-0.39, 0.29) is 23.7 Å². The number of hydrogen-bond donors (Lipinski definition) is 1. The molecular formula is C23H23NO3. The summed E-state index contributed by atoms with van der Waals surface area (Å²) in [5, 5.41) is 10.4. The fourth-order valence-corrected chi connectivity index (χ4v) is 4.74. The number of aliphatic hydroxyl groups is 1. The SMILES string of the molecule is CC1=C[C@@H](c2ccccc2)[C@H]2C(=O)N(c3ccccc3)C(=O)[C@H]2[C@H]1[C@@H](C)O. The minimum Gasteiger partial charge on any atom is -0.393 e. The fraction of sp³-hybridized carbons (Fsp3) is 0.304. The molecule has 0 bridgehead atoms. The summed E-state index contributed by atoms with van der Waals surface area (Å²) in [6.07, 6.45) is 1.37. The zero-order chi connectivity index (χ0) is 19.1. The first-order valence-corrected chi connectivity index (χ1v) is 9.35. The molecule has 2 aromatic rings. The molecule has 2 aliphatic rings. The molecule has 1 aliphatic carbocycles. The Labute approximate surface area is 159 Å². The zero-order valence-corrected chi connectivity index (χ0v) is 15.4. The lowest BCUT2D eigenvalue weighted by Gasteiger charge is -2.37. The van der Waals surface area contributed by atoms with E-state index in [0.29, 0.717) is 5.69 Å². The summed E-state index contributed by atoms with van der Waals surface area (Å²) in [5.41, 5.74) is 2.58. The number of carbonyl (C=O) groups excluding carboxylic acids is 2. The van der Waals surface area contributed by atoms with Crippen LogP contribution in [-0.4, -0.2) is 23.0 Å². The molecule has 1 heterocycles. The van der Waals surface area contributed by atoms with Crippen LogP contribution in [0.3, 0.4) is 0 Å². The maximum Gasteiger partial charge on any atom is 0.238 e. The molecule has 1 fully saturated rings. The third-order valence-electron chi connectivity index (χ3n) is 5.86. The number of carbonyl (C=O) groups is 2. The van der Waals surface area contributed by atoms with Crippen LogP contribution in [0.25, 0.3) is 0 Å². The van der Waals surface area contributed by atoms with Gasteiger partial charge in [0.25, 0.3) is 0 Å². The van der Waals surface area contributed by atoms with E-state index in [0.717, 1.165) is 11.1 Å². The molecule has 0 unspecified atom stereocenters. The monoisotopic (exact) mass is 361 g/mol. The highest BCUT2D eigenvalue weighted by molar-refractivity contribution is 6.22. The number of nitrogens with zero attached hydrogens (tertiary/aromatic N) is 1. The summed E-state index contributed by atoms with van der Waals surface area (Å²) in [6, 6.07) is 18.9. The van der Waals surface area contributed by atoms with Crippen LogP contribution in [-0.2, 0) is 9.59 Å². The van der Waals surface area contributed by atoms with Crippen molar-refractivity contribution >= 4 is 17.5 Å².